The monoisotopic (exact) mass is 610 g/mol. The molecule has 1 fully saturated rings. The Bertz CT molecular complexity index is 1810. The minimum atomic E-state index is -3.03. The molecule has 9 nitrogen and oxygen atoms in total. The summed E-state index contributed by atoms with van der Waals surface area (Å²) in [5, 5.41) is 14.3. The lowest BCUT2D eigenvalue weighted by Crippen LogP contribution is -2.37. The van der Waals surface area contributed by atoms with E-state index in [0.717, 1.165) is 31.5 Å². The van der Waals surface area contributed by atoms with Crippen LogP contribution >= 0.6 is 0 Å². The van der Waals surface area contributed by atoms with Crippen LogP contribution in [0.25, 0.3) is 0 Å². The predicted octanol–water partition coefficient (Wildman–Crippen LogP) is 4.27. The molecule has 2 aromatic carbocycles. The maximum Gasteiger partial charge on any atom is 0.291 e. The Morgan fingerprint density at radius 3 is 2.55 bits per heavy atom. The van der Waals surface area contributed by atoms with Crippen molar-refractivity contribution < 1.29 is 23.3 Å². The number of nitrogens with zero attached hydrogens (tertiary/aromatic N) is 2. The predicted molar refractivity (Wildman–Crippen MR) is 171 cm³/mol. The van der Waals surface area contributed by atoms with Crippen molar-refractivity contribution in [2.75, 3.05) is 25.0 Å². The van der Waals surface area contributed by atoms with Crippen molar-refractivity contribution in [2.45, 2.75) is 37.2 Å². The van der Waals surface area contributed by atoms with Crippen LogP contribution in [0, 0.1) is 18.8 Å². The van der Waals surface area contributed by atoms with Crippen molar-refractivity contribution in [2.24, 2.45) is 0 Å². The largest absolute Gasteiger partial charge is 0.459 e. The maximum atomic E-state index is 14.1. The summed E-state index contributed by atoms with van der Waals surface area (Å²) in [6, 6.07) is 19.3. The highest BCUT2D eigenvalue weighted by atomic mass is 32.2. The van der Waals surface area contributed by atoms with E-state index in [-0.39, 0.29) is 23.3 Å². The summed E-state index contributed by atoms with van der Waals surface area (Å²) >= 11 is 0. The first kappa shape index (κ1) is 30.8. The van der Waals surface area contributed by atoms with Gasteiger partial charge in [-0.3, -0.25) is 19.3 Å². The van der Waals surface area contributed by atoms with Crippen LogP contribution in [0.3, 0.4) is 0 Å². The van der Waals surface area contributed by atoms with Gasteiger partial charge in [-0.15, -0.1) is 0 Å². The second-order valence-corrected chi connectivity index (χ2v) is 12.8. The van der Waals surface area contributed by atoms with Gasteiger partial charge in [0.05, 0.1) is 27.6 Å². The summed E-state index contributed by atoms with van der Waals surface area (Å²) in [5.41, 5.74) is 2.69. The molecule has 4 aromatic rings. The number of aromatic nitrogens is 1. The molecule has 0 spiro atoms. The average Bonchev–Trinajstić information content (AvgIpc) is 3.47. The highest BCUT2D eigenvalue weighted by molar-refractivity contribution is 8.00. The van der Waals surface area contributed by atoms with E-state index in [2.05, 4.69) is 31.8 Å². The van der Waals surface area contributed by atoms with Crippen molar-refractivity contribution in [3.05, 3.63) is 113 Å². The molecule has 10 heteroatoms. The molecule has 3 heterocycles. The van der Waals surface area contributed by atoms with E-state index in [1.54, 1.807) is 73.1 Å². The zero-order chi connectivity index (χ0) is 30.9. The Labute approximate surface area is 257 Å². The van der Waals surface area contributed by atoms with Crippen LogP contribution in [0.5, 0.6) is 0 Å². The molecule has 2 aromatic heterocycles. The van der Waals surface area contributed by atoms with Crippen molar-refractivity contribution in [1.29, 1.82) is 0 Å². The Kier molecular flexibility index (Phi) is 9.92. The van der Waals surface area contributed by atoms with E-state index in [0.29, 0.717) is 34.7 Å². The number of hydrogen-bond donors (Lipinski definition) is 3. The molecule has 1 atom stereocenters. The Hall–Kier alpha value is -4.69. The number of piperidine rings is 1. The molecule has 0 radical (unpaired) electrons. The summed E-state index contributed by atoms with van der Waals surface area (Å²) in [5.74, 6) is 5.43. The molecular formula is C34H34N4O5S. The number of aryl methyl sites for hydroxylation is 1. The lowest BCUT2D eigenvalue weighted by Gasteiger charge is -2.29. The molecular weight excluding hydrogens is 576 g/mol. The number of aliphatic hydroxyl groups is 1. The summed E-state index contributed by atoms with van der Waals surface area (Å²) < 4.78 is 22.1. The Balaban J connectivity index is 1.29. The first-order valence-corrected chi connectivity index (χ1v) is 16.0. The number of likely N-dealkylation sites (tertiary alicyclic amines) is 1. The fourth-order valence-electron chi connectivity index (χ4n) is 4.81. The number of carbonyl (C=O) groups is 2. The summed E-state index contributed by atoms with van der Waals surface area (Å²) in [4.78, 5) is 32.8. The van der Waals surface area contributed by atoms with Gasteiger partial charge < -0.3 is 19.7 Å². The Morgan fingerprint density at radius 1 is 1.02 bits per heavy atom. The summed E-state index contributed by atoms with van der Waals surface area (Å²) in [6.45, 7) is 4.06. The SMILES string of the molecule is Cc1ccoc1C(=O)Nc1cccc(C#Cc2cncc(C(=O)NS(=O)(=CCCN3CCC(O)CC3)c3ccccc3)c2)c1. The second-order valence-electron chi connectivity index (χ2n) is 10.6. The molecule has 2 amide bonds. The third-order valence-electron chi connectivity index (χ3n) is 7.23. The van der Waals surface area contributed by atoms with Gasteiger partial charge in [0.25, 0.3) is 11.8 Å². The van der Waals surface area contributed by atoms with E-state index < -0.39 is 15.6 Å². The molecule has 0 aliphatic carbocycles. The topological polar surface area (TPSA) is 125 Å². The number of carbonyl (C=O) groups excluding carboxylic acids is 2. The number of aliphatic hydroxyl groups excluding tert-OH is 1. The van der Waals surface area contributed by atoms with E-state index in [1.807, 2.05) is 12.1 Å². The molecule has 1 aliphatic rings. The van der Waals surface area contributed by atoms with Crippen LogP contribution in [0.4, 0.5) is 5.69 Å². The minimum Gasteiger partial charge on any atom is -0.459 e. The third-order valence-corrected chi connectivity index (χ3v) is 9.40. The van der Waals surface area contributed by atoms with Gasteiger partial charge in [0.1, 0.15) is 0 Å². The molecule has 0 bridgehead atoms. The molecule has 0 saturated carbocycles. The molecule has 1 aliphatic heterocycles. The van der Waals surface area contributed by atoms with Gasteiger partial charge in [-0.25, -0.2) is 4.21 Å². The molecule has 3 N–H and O–H groups in total. The van der Waals surface area contributed by atoms with Gasteiger partial charge in [-0.1, -0.05) is 36.1 Å². The van der Waals surface area contributed by atoms with Gasteiger partial charge in [-0.05, 0) is 74.0 Å². The zero-order valence-electron chi connectivity index (χ0n) is 24.4. The highest BCUT2D eigenvalue weighted by Crippen LogP contribution is 2.16. The maximum absolute atomic E-state index is 14.1. The number of furan rings is 1. The van der Waals surface area contributed by atoms with E-state index in [9.17, 15) is 18.9 Å². The fourth-order valence-corrected chi connectivity index (χ4v) is 6.59. The first-order valence-electron chi connectivity index (χ1n) is 14.4. The number of pyridine rings is 1. The van der Waals surface area contributed by atoms with Crippen LogP contribution in [-0.4, -0.2) is 62.1 Å². The number of hydrogen-bond acceptors (Lipinski definition) is 7. The fraction of sp³-hybridized carbons (Fsp3) is 0.235. The van der Waals surface area contributed by atoms with Crippen molar-refractivity contribution in [3.8, 4) is 11.8 Å². The third kappa shape index (κ3) is 8.02. The van der Waals surface area contributed by atoms with Gasteiger partial charge in [0.2, 0.25) is 0 Å². The molecule has 226 valence electrons. The van der Waals surface area contributed by atoms with Crippen molar-refractivity contribution in [3.63, 3.8) is 0 Å². The second kappa shape index (κ2) is 14.2. The van der Waals surface area contributed by atoms with Crippen molar-refractivity contribution >= 4 is 32.6 Å². The molecule has 44 heavy (non-hydrogen) atoms. The first-order chi connectivity index (χ1) is 21.3. The molecule has 1 unspecified atom stereocenters. The number of rotatable bonds is 8. The van der Waals surface area contributed by atoms with Gasteiger partial charge >= 0.3 is 0 Å². The van der Waals surface area contributed by atoms with Gasteiger partial charge in [-0.2, -0.15) is 0 Å². The van der Waals surface area contributed by atoms with Crippen LogP contribution in [0.15, 0.2) is 94.7 Å². The normalized spacial score (nSPS) is 15.0. The quantitative estimate of drug-likeness (QED) is 0.201. The number of amides is 2. The standard InChI is InChI=1S/C34H34N4O5S/c1-25-15-19-43-32(25)34(41)36-29-8-5-7-26(22-29)11-12-27-21-28(24-35-23-27)33(40)37-44(42,31-9-3-2-4-10-31)20-6-16-38-17-13-30(39)14-18-38/h2-5,7-10,15,19-24,30,39H,6,13-14,16-18H2,1H3,(H,36,41)(H,37,40,42). The molecule has 5 rings (SSSR count). The van der Waals surface area contributed by atoms with Crippen LogP contribution in [0.1, 0.15) is 56.9 Å². The number of benzene rings is 2. The van der Waals surface area contributed by atoms with Gasteiger partial charge in [0, 0.05) is 59.3 Å². The molecule has 1 saturated heterocycles. The van der Waals surface area contributed by atoms with Crippen LogP contribution in [0.2, 0.25) is 0 Å². The summed E-state index contributed by atoms with van der Waals surface area (Å²) in [6.07, 6.45) is 6.13. The van der Waals surface area contributed by atoms with E-state index in [4.69, 9.17) is 4.42 Å². The Morgan fingerprint density at radius 2 is 1.80 bits per heavy atom. The highest BCUT2D eigenvalue weighted by Gasteiger charge is 2.19. The minimum absolute atomic E-state index is 0.230. The lowest BCUT2D eigenvalue weighted by molar-refractivity contribution is 0.0841. The van der Waals surface area contributed by atoms with Gasteiger partial charge in [0.15, 0.2) is 5.76 Å². The smallest absolute Gasteiger partial charge is 0.291 e. The van der Waals surface area contributed by atoms with E-state index in [1.165, 1.54) is 12.5 Å². The van der Waals surface area contributed by atoms with E-state index >= 15 is 0 Å². The summed E-state index contributed by atoms with van der Waals surface area (Å²) in [7, 11) is -3.03. The van der Waals surface area contributed by atoms with Crippen molar-refractivity contribution in [1.82, 2.24) is 14.6 Å². The average molecular weight is 611 g/mol. The van der Waals surface area contributed by atoms with Crippen LogP contribution < -0.4 is 10.0 Å². The number of nitrogens with one attached hydrogen (secondary N) is 2. The number of anilines is 1. The lowest BCUT2D eigenvalue weighted by atomic mass is 10.1. The zero-order valence-corrected chi connectivity index (χ0v) is 25.2. The van der Waals surface area contributed by atoms with Crippen LogP contribution in [-0.2, 0) is 9.71 Å².